The zero-order valence-electron chi connectivity index (χ0n) is 35.5. The summed E-state index contributed by atoms with van der Waals surface area (Å²) in [6.45, 7) is 8.45. The molecule has 4 heterocycles. The number of H-pyrrole nitrogens is 1. The number of rotatable bonds is 13. The van der Waals surface area contributed by atoms with Crippen LogP contribution in [0.1, 0.15) is 69.1 Å². The Hall–Kier alpha value is -6.03. The van der Waals surface area contributed by atoms with Gasteiger partial charge >= 0.3 is 0 Å². The molecule has 2 fully saturated rings. The number of benzene rings is 3. The van der Waals surface area contributed by atoms with Gasteiger partial charge in [0.2, 0.25) is 17.7 Å². The Morgan fingerprint density at radius 1 is 0.968 bits per heavy atom. The van der Waals surface area contributed by atoms with Crippen LogP contribution < -0.4 is 25.6 Å². The number of amides is 4. The molecule has 5 N–H and O–H groups in total. The average Bonchev–Trinajstić information content (AvgIpc) is 3.95. The zero-order chi connectivity index (χ0) is 44.1. The largest absolute Gasteiger partial charge is 0.494 e. The molecule has 62 heavy (non-hydrogen) atoms. The van der Waals surface area contributed by atoms with Crippen molar-refractivity contribution in [2.75, 3.05) is 43.6 Å². The maximum atomic E-state index is 14.2. The number of β-amino-alcohol motifs (C(OH)–C–C–N with tert-alkyl or cyclic N) is 1. The highest BCUT2D eigenvalue weighted by Gasteiger charge is 2.45. The Morgan fingerprint density at radius 2 is 1.73 bits per heavy atom. The molecule has 2 saturated heterocycles. The van der Waals surface area contributed by atoms with Crippen LogP contribution in [0.3, 0.4) is 0 Å². The number of nitrogens with one attached hydrogen (secondary N) is 4. The lowest BCUT2D eigenvalue weighted by atomic mass is 9.85. The van der Waals surface area contributed by atoms with Crippen LogP contribution in [0.2, 0.25) is 5.02 Å². The number of piperidine rings is 1. The lowest BCUT2D eigenvalue weighted by Gasteiger charge is -2.36. The van der Waals surface area contributed by atoms with Crippen molar-refractivity contribution in [3.8, 4) is 17.1 Å². The number of aromatic nitrogens is 3. The third-order valence-corrected chi connectivity index (χ3v) is 11.7. The van der Waals surface area contributed by atoms with E-state index in [1.165, 1.54) is 4.90 Å². The number of ether oxygens (including phenoxy) is 2. The Kier molecular flexibility index (Phi) is 13.4. The monoisotopic (exact) mass is 864 g/mol. The van der Waals surface area contributed by atoms with Gasteiger partial charge < -0.3 is 40.3 Å². The highest BCUT2D eigenvalue weighted by molar-refractivity contribution is 6.31. The Balaban J connectivity index is 0.905. The number of fused-ring (bicyclic) bond motifs is 1. The number of methoxy groups -OCH3 is 1. The lowest BCUT2D eigenvalue weighted by Crippen LogP contribution is -2.58. The number of carbonyl (C=O) groups excluding carboxylic acids is 4. The minimum atomic E-state index is -0.975. The standard InChI is InChI=1S/C46H53ClN8O7/c1-27(28-9-10-30-22-31(47)12-11-29(30)21-28)49-44(59)39-24-33(56)25-55(39)45(60)42(46(2,3)4)52-41(57)26-62-34-16-19-54(20-17-34)32-13-14-37(40(23-32)61-5)51-43(58)38-8-6-7-35(50-38)36-15-18-48-53-36/h6-15,18,21-23,27,33-34,39,42,56H,16-17,19-20,24-26H2,1-5H3,(H,48,53)(H,49,59)(H,51,58)(H,52,57)/t27-,33+,39-,42+/m0/s1. The average molecular weight is 865 g/mol. The Labute approximate surface area is 365 Å². The molecule has 326 valence electrons. The minimum Gasteiger partial charge on any atom is -0.494 e. The second-order valence-electron chi connectivity index (χ2n) is 17.0. The van der Waals surface area contributed by atoms with E-state index in [1.54, 1.807) is 43.6 Å². The van der Waals surface area contributed by atoms with Gasteiger partial charge in [0.05, 0.1) is 42.4 Å². The SMILES string of the molecule is COc1cc(N2CCC(OCC(=O)N[C@H](C(=O)N3C[C@H](O)C[C@H]3C(=O)N[C@@H](C)c3ccc4cc(Cl)ccc4c3)C(C)(C)C)CC2)ccc1NC(=O)c1cccc(-c2ccn[nH]2)n1. The second kappa shape index (κ2) is 18.9. The van der Waals surface area contributed by atoms with E-state index in [1.807, 2.05) is 76.2 Å². The topological polar surface area (TPSA) is 191 Å². The molecule has 15 nitrogen and oxygen atoms in total. The molecule has 5 aromatic rings. The number of hydrogen-bond acceptors (Lipinski definition) is 10. The molecule has 0 spiro atoms. The molecule has 2 aliphatic heterocycles. The predicted octanol–water partition coefficient (Wildman–Crippen LogP) is 5.89. The van der Waals surface area contributed by atoms with Gasteiger partial charge in [-0.2, -0.15) is 5.10 Å². The van der Waals surface area contributed by atoms with E-state index < -0.39 is 35.4 Å². The molecule has 16 heteroatoms. The smallest absolute Gasteiger partial charge is 0.274 e. The van der Waals surface area contributed by atoms with Crippen LogP contribution in [-0.2, 0) is 19.1 Å². The number of pyridine rings is 1. The quantitative estimate of drug-likeness (QED) is 0.0954. The van der Waals surface area contributed by atoms with E-state index in [9.17, 15) is 24.3 Å². The highest BCUT2D eigenvalue weighted by atomic mass is 35.5. The molecule has 0 bridgehead atoms. The van der Waals surface area contributed by atoms with Gasteiger partial charge in [-0.1, -0.05) is 56.6 Å². The van der Waals surface area contributed by atoms with Crippen LogP contribution in [-0.4, -0.2) is 106 Å². The first-order valence-corrected chi connectivity index (χ1v) is 21.1. The summed E-state index contributed by atoms with van der Waals surface area (Å²) < 4.78 is 11.7. The number of likely N-dealkylation sites (tertiary alicyclic amines) is 1. The first-order chi connectivity index (χ1) is 29.7. The van der Waals surface area contributed by atoms with Crippen molar-refractivity contribution >= 4 is 57.4 Å². The van der Waals surface area contributed by atoms with Crippen molar-refractivity contribution in [1.29, 1.82) is 0 Å². The molecular formula is C46H53ClN8O7. The summed E-state index contributed by atoms with van der Waals surface area (Å²) in [6, 6.07) is 21.8. The molecule has 0 unspecified atom stereocenters. The third kappa shape index (κ3) is 10.3. The van der Waals surface area contributed by atoms with Crippen molar-refractivity contribution in [2.45, 2.75) is 77.3 Å². The van der Waals surface area contributed by atoms with Crippen LogP contribution in [0, 0.1) is 5.41 Å². The van der Waals surface area contributed by atoms with Gasteiger partial charge in [-0.05, 0) is 90.0 Å². The van der Waals surface area contributed by atoms with E-state index in [2.05, 4.69) is 36.0 Å². The van der Waals surface area contributed by atoms with Crippen LogP contribution >= 0.6 is 11.6 Å². The fourth-order valence-electron chi connectivity index (χ4n) is 7.97. The second-order valence-corrected chi connectivity index (χ2v) is 17.4. The highest BCUT2D eigenvalue weighted by Crippen LogP contribution is 2.33. The van der Waals surface area contributed by atoms with Gasteiger partial charge in [-0.25, -0.2) is 4.98 Å². The fourth-order valence-corrected chi connectivity index (χ4v) is 8.15. The first-order valence-electron chi connectivity index (χ1n) is 20.8. The van der Waals surface area contributed by atoms with Crippen LogP contribution in [0.15, 0.2) is 85.1 Å². The minimum absolute atomic E-state index is 0.0258. The van der Waals surface area contributed by atoms with Gasteiger partial charge in [0, 0.05) is 49.0 Å². The summed E-state index contributed by atoms with van der Waals surface area (Å²) in [4.78, 5) is 62.4. The van der Waals surface area contributed by atoms with Crippen LogP contribution in [0.25, 0.3) is 22.2 Å². The summed E-state index contributed by atoms with van der Waals surface area (Å²) in [6.07, 6.45) is 1.94. The number of hydrogen-bond donors (Lipinski definition) is 5. The molecule has 4 atom stereocenters. The molecule has 0 saturated carbocycles. The van der Waals surface area contributed by atoms with Gasteiger partial charge in [0.25, 0.3) is 5.91 Å². The molecule has 3 aromatic carbocycles. The van der Waals surface area contributed by atoms with Gasteiger partial charge in [0.1, 0.15) is 30.1 Å². The number of anilines is 2. The molecule has 2 aliphatic rings. The van der Waals surface area contributed by atoms with Gasteiger partial charge in [-0.3, -0.25) is 24.3 Å². The van der Waals surface area contributed by atoms with Crippen molar-refractivity contribution in [2.24, 2.45) is 5.41 Å². The first kappa shape index (κ1) is 44.0. The molecular weight excluding hydrogens is 812 g/mol. The van der Waals surface area contributed by atoms with Gasteiger partial charge in [-0.15, -0.1) is 0 Å². The summed E-state index contributed by atoms with van der Waals surface area (Å²) in [5, 5.41) is 28.9. The Bertz CT molecular complexity index is 2410. The normalized spacial score (nSPS) is 18.0. The summed E-state index contributed by atoms with van der Waals surface area (Å²) >= 11 is 6.15. The Morgan fingerprint density at radius 3 is 2.45 bits per heavy atom. The maximum Gasteiger partial charge on any atom is 0.274 e. The number of aromatic amines is 1. The van der Waals surface area contributed by atoms with Crippen molar-refractivity contribution in [3.05, 3.63) is 101 Å². The summed E-state index contributed by atoms with van der Waals surface area (Å²) in [7, 11) is 1.55. The van der Waals surface area contributed by atoms with E-state index in [0.29, 0.717) is 53.8 Å². The van der Waals surface area contributed by atoms with E-state index >= 15 is 0 Å². The lowest BCUT2D eigenvalue weighted by molar-refractivity contribution is -0.145. The van der Waals surface area contributed by atoms with Crippen LogP contribution in [0.4, 0.5) is 11.4 Å². The predicted molar refractivity (Wildman–Crippen MR) is 237 cm³/mol. The summed E-state index contributed by atoms with van der Waals surface area (Å²) in [5.41, 5.74) is 3.13. The zero-order valence-corrected chi connectivity index (χ0v) is 36.2. The summed E-state index contributed by atoms with van der Waals surface area (Å²) in [5.74, 6) is -1.15. The van der Waals surface area contributed by atoms with E-state index in [-0.39, 0.29) is 49.2 Å². The third-order valence-electron chi connectivity index (χ3n) is 11.4. The number of nitrogens with zero attached hydrogens (tertiary/aromatic N) is 4. The van der Waals surface area contributed by atoms with Gasteiger partial charge in [0.15, 0.2) is 0 Å². The van der Waals surface area contributed by atoms with E-state index in [4.69, 9.17) is 21.1 Å². The molecule has 4 amide bonds. The van der Waals surface area contributed by atoms with E-state index in [0.717, 1.165) is 22.0 Å². The molecule has 7 rings (SSSR count). The number of aliphatic hydroxyl groups is 1. The number of carbonyl (C=O) groups is 4. The fraction of sp³-hybridized carbons (Fsp3) is 0.391. The maximum absolute atomic E-state index is 14.2. The molecule has 2 aromatic heterocycles. The number of aliphatic hydroxyl groups excluding tert-OH is 1. The van der Waals surface area contributed by atoms with Crippen molar-refractivity contribution in [3.63, 3.8) is 0 Å². The molecule has 0 aliphatic carbocycles. The van der Waals surface area contributed by atoms with Crippen molar-refractivity contribution < 1.29 is 33.8 Å². The molecule has 0 radical (unpaired) electrons. The number of halogens is 1. The van der Waals surface area contributed by atoms with Crippen LogP contribution in [0.5, 0.6) is 5.75 Å². The van der Waals surface area contributed by atoms with Crippen molar-refractivity contribution in [1.82, 2.24) is 30.7 Å².